The van der Waals surface area contributed by atoms with Crippen molar-refractivity contribution in [2.45, 2.75) is 19.4 Å². The van der Waals surface area contributed by atoms with Crippen LogP contribution in [0.25, 0.3) is 0 Å². The Balaban J connectivity index is 2.44. The molecule has 0 aliphatic carbocycles. The van der Waals surface area contributed by atoms with Crippen LogP contribution in [0.1, 0.15) is 19.4 Å². The Kier molecular flexibility index (Phi) is 4.62. The molecule has 1 aromatic rings. The Hall–Kier alpha value is -1.59. The molecule has 0 aromatic heterocycles. The number of nitrogens with two attached hydrogens (primary N) is 1. The van der Waals surface area contributed by atoms with E-state index < -0.39 is 5.54 Å². The van der Waals surface area contributed by atoms with E-state index in [0.717, 1.165) is 37.5 Å². The second-order valence-corrected chi connectivity index (χ2v) is 5.10. The second-order valence-electron chi connectivity index (χ2n) is 5.10. The van der Waals surface area contributed by atoms with Crippen molar-refractivity contribution >= 4 is 5.91 Å². The SMILES string of the molecule is CCOc1ccccc1C(C)(C(N)=O)N1CCNCC1. The van der Waals surface area contributed by atoms with Crippen molar-refractivity contribution in [3.8, 4) is 5.75 Å². The molecular weight excluding hydrogens is 254 g/mol. The molecule has 1 heterocycles. The molecule has 0 spiro atoms. The van der Waals surface area contributed by atoms with E-state index in [1.54, 1.807) is 0 Å². The number of para-hydroxylation sites is 1. The minimum Gasteiger partial charge on any atom is -0.494 e. The van der Waals surface area contributed by atoms with Gasteiger partial charge in [0.25, 0.3) is 0 Å². The van der Waals surface area contributed by atoms with E-state index in [-0.39, 0.29) is 5.91 Å². The summed E-state index contributed by atoms with van der Waals surface area (Å²) < 4.78 is 5.67. The van der Waals surface area contributed by atoms with Crippen molar-refractivity contribution in [1.29, 1.82) is 0 Å². The van der Waals surface area contributed by atoms with Crippen molar-refractivity contribution in [2.24, 2.45) is 5.73 Å². The number of rotatable bonds is 5. The molecule has 1 aliphatic rings. The summed E-state index contributed by atoms with van der Waals surface area (Å²) >= 11 is 0. The van der Waals surface area contributed by atoms with Crippen LogP contribution in [0.4, 0.5) is 0 Å². The summed E-state index contributed by atoms with van der Waals surface area (Å²) in [4.78, 5) is 14.3. The van der Waals surface area contributed by atoms with E-state index in [4.69, 9.17) is 10.5 Å². The smallest absolute Gasteiger partial charge is 0.242 e. The fourth-order valence-electron chi connectivity index (χ4n) is 2.72. The lowest BCUT2D eigenvalue weighted by Crippen LogP contribution is -2.58. The van der Waals surface area contributed by atoms with Gasteiger partial charge in [0.05, 0.1) is 6.61 Å². The highest BCUT2D eigenvalue weighted by Gasteiger charge is 2.41. The van der Waals surface area contributed by atoms with Gasteiger partial charge in [-0.1, -0.05) is 18.2 Å². The molecule has 2 rings (SSSR count). The third kappa shape index (κ3) is 2.64. The molecule has 0 bridgehead atoms. The molecule has 1 unspecified atom stereocenters. The van der Waals surface area contributed by atoms with Crippen LogP contribution in [-0.2, 0) is 10.3 Å². The Morgan fingerprint density at radius 1 is 1.40 bits per heavy atom. The van der Waals surface area contributed by atoms with Crippen LogP contribution in [0.5, 0.6) is 5.75 Å². The number of hydrogen-bond acceptors (Lipinski definition) is 4. The van der Waals surface area contributed by atoms with E-state index >= 15 is 0 Å². The van der Waals surface area contributed by atoms with Crippen LogP contribution < -0.4 is 15.8 Å². The molecule has 1 amide bonds. The average Bonchev–Trinajstić information content (AvgIpc) is 2.48. The van der Waals surface area contributed by atoms with Gasteiger partial charge in [-0.05, 0) is 19.9 Å². The zero-order valence-electron chi connectivity index (χ0n) is 12.2. The van der Waals surface area contributed by atoms with E-state index in [1.807, 2.05) is 38.1 Å². The Morgan fingerprint density at radius 2 is 2.05 bits per heavy atom. The predicted octanol–water partition coefficient (Wildman–Crippen LogP) is 0.691. The van der Waals surface area contributed by atoms with Crippen molar-refractivity contribution in [1.82, 2.24) is 10.2 Å². The van der Waals surface area contributed by atoms with Crippen LogP contribution in [0, 0.1) is 0 Å². The van der Waals surface area contributed by atoms with Crippen LogP contribution in [0.15, 0.2) is 24.3 Å². The van der Waals surface area contributed by atoms with E-state index in [1.165, 1.54) is 0 Å². The third-order valence-corrected chi connectivity index (χ3v) is 3.94. The molecular formula is C15H23N3O2. The van der Waals surface area contributed by atoms with Gasteiger partial charge < -0.3 is 15.8 Å². The number of piperazine rings is 1. The van der Waals surface area contributed by atoms with Crippen molar-refractivity contribution in [3.05, 3.63) is 29.8 Å². The maximum Gasteiger partial charge on any atom is 0.242 e. The number of hydrogen-bond donors (Lipinski definition) is 2. The van der Waals surface area contributed by atoms with E-state index in [9.17, 15) is 4.79 Å². The molecule has 1 fully saturated rings. The molecule has 110 valence electrons. The molecule has 0 radical (unpaired) electrons. The largest absolute Gasteiger partial charge is 0.494 e. The van der Waals surface area contributed by atoms with Gasteiger partial charge in [-0.15, -0.1) is 0 Å². The number of benzene rings is 1. The van der Waals surface area contributed by atoms with Gasteiger partial charge >= 0.3 is 0 Å². The highest BCUT2D eigenvalue weighted by atomic mass is 16.5. The quantitative estimate of drug-likeness (QED) is 0.831. The summed E-state index contributed by atoms with van der Waals surface area (Å²) in [6, 6.07) is 7.65. The minimum atomic E-state index is -0.839. The van der Waals surface area contributed by atoms with Gasteiger partial charge in [0.15, 0.2) is 0 Å². The zero-order valence-corrected chi connectivity index (χ0v) is 12.2. The van der Waals surface area contributed by atoms with Gasteiger partial charge in [-0.2, -0.15) is 0 Å². The molecule has 3 N–H and O–H groups in total. The van der Waals surface area contributed by atoms with Crippen molar-refractivity contribution in [3.63, 3.8) is 0 Å². The molecule has 5 nitrogen and oxygen atoms in total. The molecule has 1 aliphatic heterocycles. The van der Waals surface area contributed by atoms with Gasteiger partial charge in [0.1, 0.15) is 11.3 Å². The number of carbonyl (C=O) groups excluding carboxylic acids is 1. The van der Waals surface area contributed by atoms with Gasteiger partial charge in [-0.25, -0.2) is 0 Å². The number of primary amides is 1. The van der Waals surface area contributed by atoms with Crippen molar-refractivity contribution in [2.75, 3.05) is 32.8 Å². The first-order valence-corrected chi connectivity index (χ1v) is 7.08. The maximum absolute atomic E-state index is 12.2. The van der Waals surface area contributed by atoms with Gasteiger partial charge in [0, 0.05) is 31.7 Å². The van der Waals surface area contributed by atoms with E-state index in [2.05, 4.69) is 10.2 Å². The van der Waals surface area contributed by atoms with Crippen LogP contribution in [-0.4, -0.2) is 43.6 Å². The fourth-order valence-corrected chi connectivity index (χ4v) is 2.72. The van der Waals surface area contributed by atoms with Crippen LogP contribution >= 0.6 is 0 Å². The monoisotopic (exact) mass is 277 g/mol. The lowest BCUT2D eigenvalue weighted by atomic mass is 9.87. The summed E-state index contributed by atoms with van der Waals surface area (Å²) in [6.45, 7) is 7.69. The molecule has 1 aromatic carbocycles. The number of nitrogens with one attached hydrogen (secondary N) is 1. The fraction of sp³-hybridized carbons (Fsp3) is 0.533. The summed E-state index contributed by atoms with van der Waals surface area (Å²) in [5.74, 6) is 0.390. The highest BCUT2D eigenvalue weighted by Crippen LogP contribution is 2.35. The van der Waals surface area contributed by atoms with Gasteiger partial charge in [-0.3, -0.25) is 9.69 Å². The first kappa shape index (κ1) is 14.8. The third-order valence-electron chi connectivity index (χ3n) is 3.94. The Morgan fingerprint density at radius 3 is 2.65 bits per heavy atom. The topological polar surface area (TPSA) is 67.6 Å². The summed E-state index contributed by atoms with van der Waals surface area (Å²) in [7, 11) is 0. The van der Waals surface area contributed by atoms with Gasteiger partial charge in [0.2, 0.25) is 5.91 Å². The second kappa shape index (κ2) is 6.24. The molecule has 0 saturated carbocycles. The molecule has 1 atom stereocenters. The normalized spacial score (nSPS) is 19.3. The Bertz CT molecular complexity index is 472. The molecule has 20 heavy (non-hydrogen) atoms. The molecule has 5 heteroatoms. The number of ether oxygens (including phenoxy) is 1. The summed E-state index contributed by atoms with van der Waals surface area (Å²) in [6.07, 6.45) is 0. The predicted molar refractivity (Wildman–Crippen MR) is 78.6 cm³/mol. The summed E-state index contributed by atoms with van der Waals surface area (Å²) in [5.41, 5.74) is 5.75. The summed E-state index contributed by atoms with van der Waals surface area (Å²) in [5, 5.41) is 3.29. The first-order valence-electron chi connectivity index (χ1n) is 7.08. The van der Waals surface area contributed by atoms with Crippen molar-refractivity contribution < 1.29 is 9.53 Å². The first-order chi connectivity index (χ1) is 9.60. The molecule has 1 saturated heterocycles. The lowest BCUT2D eigenvalue weighted by Gasteiger charge is -2.42. The number of amides is 1. The highest BCUT2D eigenvalue weighted by molar-refractivity contribution is 5.86. The van der Waals surface area contributed by atoms with Crippen LogP contribution in [0.3, 0.4) is 0 Å². The average molecular weight is 277 g/mol. The zero-order chi connectivity index (χ0) is 14.6. The number of nitrogens with zero attached hydrogens (tertiary/aromatic N) is 1. The lowest BCUT2D eigenvalue weighted by molar-refractivity contribution is -0.130. The van der Waals surface area contributed by atoms with Crippen LogP contribution in [0.2, 0.25) is 0 Å². The maximum atomic E-state index is 12.2. The number of carbonyl (C=O) groups is 1. The minimum absolute atomic E-state index is 0.341. The van der Waals surface area contributed by atoms with E-state index in [0.29, 0.717) is 6.61 Å². The Labute approximate surface area is 120 Å². The standard InChI is InChI=1S/C15H23N3O2/c1-3-20-13-7-5-4-6-12(13)15(2,14(16)19)18-10-8-17-9-11-18/h4-7,17H,3,8-11H2,1-2H3,(H2,16,19).